The molecule has 0 bridgehead atoms. The Labute approximate surface area is 207 Å². The van der Waals surface area contributed by atoms with Gasteiger partial charge in [0, 0.05) is 56.4 Å². The van der Waals surface area contributed by atoms with Gasteiger partial charge in [0.05, 0.1) is 32.1 Å². The Bertz CT molecular complexity index is 1250. The van der Waals surface area contributed by atoms with Crippen LogP contribution in [0.5, 0.6) is 0 Å². The predicted molar refractivity (Wildman–Crippen MR) is 137 cm³/mol. The maximum atomic E-state index is 5.46. The summed E-state index contributed by atoms with van der Waals surface area (Å²) in [5.74, 6) is 2.32. The molecule has 2 aliphatic heterocycles. The molecule has 11 heteroatoms. The smallest absolute Gasteiger partial charge is 0.170 e. The number of rotatable bonds is 7. The highest BCUT2D eigenvalue weighted by Crippen LogP contribution is 2.27. The molecule has 0 atom stereocenters. The highest BCUT2D eigenvalue weighted by Gasteiger charge is 2.18. The summed E-state index contributed by atoms with van der Waals surface area (Å²) in [6.45, 7) is 8.36. The van der Waals surface area contributed by atoms with Crippen molar-refractivity contribution in [1.29, 1.82) is 0 Å². The number of hydrogen-bond donors (Lipinski definition) is 1. The third-order valence-electron chi connectivity index (χ3n) is 6.35. The fraction of sp³-hybridized carbons (Fsp3) is 0.417. The second kappa shape index (κ2) is 10.2. The quantitative estimate of drug-likeness (QED) is 0.418. The van der Waals surface area contributed by atoms with Crippen molar-refractivity contribution in [2.24, 2.45) is 0 Å². The van der Waals surface area contributed by atoms with Gasteiger partial charge in [-0.05, 0) is 23.6 Å². The Morgan fingerprint density at radius 1 is 0.943 bits per heavy atom. The molecule has 0 aliphatic carbocycles. The summed E-state index contributed by atoms with van der Waals surface area (Å²) < 4.78 is 12.9. The Balaban J connectivity index is 1.31. The molecular weight excluding hydrogens is 464 g/mol. The monoisotopic (exact) mass is 492 g/mol. The normalized spacial score (nSPS) is 17.2. The zero-order valence-corrected chi connectivity index (χ0v) is 20.3. The summed E-state index contributed by atoms with van der Waals surface area (Å²) in [6.07, 6.45) is 3.67. The van der Waals surface area contributed by atoms with Crippen molar-refractivity contribution in [2.75, 3.05) is 75.9 Å². The van der Waals surface area contributed by atoms with Crippen molar-refractivity contribution in [1.82, 2.24) is 29.4 Å². The molecular formula is C24H28N8O2S. The van der Waals surface area contributed by atoms with Crippen molar-refractivity contribution in [3.63, 3.8) is 0 Å². The molecule has 2 saturated heterocycles. The van der Waals surface area contributed by atoms with E-state index >= 15 is 0 Å². The summed E-state index contributed by atoms with van der Waals surface area (Å²) in [6, 6.07) is 6.15. The lowest BCUT2D eigenvalue weighted by Gasteiger charge is -2.27. The number of thiophene rings is 1. The van der Waals surface area contributed by atoms with Gasteiger partial charge in [-0.1, -0.05) is 0 Å². The lowest BCUT2D eigenvalue weighted by molar-refractivity contribution is 0.0398. The molecule has 6 rings (SSSR count). The Hall–Kier alpha value is -3.12. The van der Waals surface area contributed by atoms with Crippen LogP contribution in [0.2, 0.25) is 0 Å². The molecule has 0 saturated carbocycles. The maximum absolute atomic E-state index is 5.46. The van der Waals surface area contributed by atoms with Crippen molar-refractivity contribution in [2.45, 2.75) is 0 Å². The van der Waals surface area contributed by atoms with Gasteiger partial charge in [-0.25, -0.2) is 19.9 Å². The minimum atomic E-state index is 0.629. The molecule has 182 valence electrons. The van der Waals surface area contributed by atoms with Gasteiger partial charge in [0.25, 0.3) is 0 Å². The van der Waals surface area contributed by atoms with Crippen LogP contribution in [-0.2, 0) is 9.47 Å². The molecule has 0 amide bonds. The minimum absolute atomic E-state index is 0.629. The topological polar surface area (TPSA) is 93.5 Å². The lowest BCUT2D eigenvalue weighted by atomic mass is 10.2. The van der Waals surface area contributed by atoms with E-state index in [0.717, 1.165) is 99.7 Å². The van der Waals surface area contributed by atoms with E-state index in [1.807, 2.05) is 29.2 Å². The summed E-state index contributed by atoms with van der Waals surface area (Å²) in [5, 5.41) is 7.66. The van der Waals surface area contributed by atoms with Crippen LogP contribution in [0.25, 0.3) is 28.2 Å². The van der Waals surface area contributed by atoms with Gasteiger partial charge in [0.15, 0.2) is 22.8 Å². The molecule has 4 aromatic rings. The van der Waals surface area contributed by atoms with Crippen LogP contribution in [0.15, 0.2) is 41.5 Å². The van der Waals surface area contributed by atoms with E-state index in [9.17, 15) is 0 Å². The molecule has 1 N–H and O–H groups in total. The van der Waals surface area contributed by atoms with E-state index in [4.69, 9.17) is 24.4 Å². The van der Waals surface area contributed by atoms with Crippen molar-refractivity contribution in [3.8, 4) is 17.1 Å². The van der Waals surface area contributed by atoms with Crippen molar-refractivity contribution >= 4 is 34.1 Å². The van der Waals surface area contributed by atoms with E-state index in [2.05, 4.69) is 36.9 Å². The molecule has 10 nitrogen and oxygen atoms in total. The van der Waals surface area contributed by atoms with E-state index < -0.39 is 0 Å². The molecule has 4 aromatic heterocycles. The number of imidazole rings is 1. The third-order valence-corrected chi connectivity index (χ3v) is 7.02. The lowest BCUT2D eigenvalue weighted by Crippen LogP contribution is -2.39. The number of morpholine rings is 2. The average molecular weight is 493 g/mol. The number of fused-ring (bicyclic) bond motifs is 1. The molecule has 0 aromatic carbocycles. The molecule has 0 spiro atoms. The van der Waals surface area contributed by atoms with E-state index in [1.165, 1.54) is 0 Å². The van der Waals surface area contributed by atoms with Crippen LogP contribution < -0.4 is 10.2 Å². The number of aromatic nitrogens is 5. The Morgan fingerprint density at radius 2 is 1.77 bits per heavy atom. The summed E-state index contributed by atoms with van der Waals surface area (Å²) in [7, 11) is 0. The van der Waals surface area contributed by atoms with Gasteiger partial charge in [-0.2, -0.15) is 11.3 Å². The number of nitrogens with zero attached hydrogens (tertiary/aromatic N) is 7. The second-order valence-electron chi connectivity index (χ2n) is 8.55. The average Bonchev–Trinajstić information content (AvgIpc) is 3.60. The molecule has 2 aliphatic rings. The van der Waals surface area contributed by atoms with Gasteiger partial charge in [-0.15, -0.1) is 0 Å². The first-order valence-electron chi connectivity index (χ1n) is 12.0. The van der Waals surface area contributed by atoms with Gasteiger partial charge in [0.2, 0.25) is 0 Å². The SMILES string of the molecule is c1cc(-n2cnc3c(NCCN4CCOCC4)nc(-c4ccc(N5CCOCC5)nc4)nc32)cs1. The number of pyridine rings is 1. The second-order valence-corrected chi connectivity index (χ2v) is 9.33. The van der Waals surface area contributed by atoms with Crippen LogP contribution in [-0.4, -0.2) is 95.1 Å². The Kier molecular flexibility index (Phi) is 6.54. The van der Waals surface area contributed by atoms with Crippen LogP contribution in [0.3, 0.4) is 0 Å². The summed E-state index contributed by atoms with van der Waals surface area (Å²) in [5.41, 5.74) is 3.46. The molecule has 0 radical (unpaired) electrons. The van der Waals surface area contributed by atoms with Gasteiger partial charge >= 0.3 is 0 Å². The number of ether oxygens (including phenoxy) is 2. The van der Waals surface area contributed by atoms with Gasteiger partial charge < -0.3 is 19.7 Å². The fourth-order valence-electron chi connectivity index (χ4n) is 4.39. The highest BCUT2D eigenvalue weighted by atomic mass is 32.1. The predicted octanol–water partition coefficient (Wildman–Crippen LogP) is 2.52. The number of anilines is 2. The van der Waals surface area contributed by atoms with Gasteiger partial charge in [0.1, 0.15) is 12.1 Å². The van der Waals surface area contributed by atoms with E-state index in [-0.39, 0.29) is 0 Å². The Morgan fingerprint density at radius 3 is 2.51 bits per heavy atom. The molecule has 0 unspecified atom stereocenters. The van der Waals surface area contributed by atoms with Crippen LogP contribution in [0, 0.1) is 0 Å². The number of nitrogens with one attached hydrogen (secondary N) is 1. The highest BCUT2D eigenvalue weighted by molar-refractivity contribution is 7.08. The standard InChI is InChI=1S/C24H28N8O2S/c1-2-20(31-8-12-34-13-9-31)26-15-18(1)22-28-23(25-4-5-30-6-10-33-11-7-30)21-24(29-22)32(17-27-21)19-3-14-35-16-19/h1-3,14-17H,4-13H2,(H,25,28,29). The fourth-order valence-corrected chi connectivity index (χ4v) is 5.02. The first-order chi connectivity index (χ1) is 17.3. The third kappa shape index (κ3) is 4.85. The zero-order valence-electron chi connectivity index (χ0n) is 19.5. The van der Waals surface area contributed by atoms with Crippen molar-refractivity contribution in [3.05, 3.63) is 41.5 Å². The molecule has 2 fully saturated rings. The maximum Gasteiger partial charge on any atom is 0.170 e. The summed E-state index contributed by atoms with van der Waals surface area (Å²) >= 11 is 1.65. The van der Waals surface area contributed by atoms with Crippen molar-refractivity contribution < 1.29 is 9.47 Å². The van der Waals surface area contributed by atoms with E-state index in [1.54, 1.807) is 11.3 Å². The summed E-state index contributed by atoms with van der Waals surface area (Å²) in [4.78, 5) is 23.8. The first kappa shape index (κ1) is 22.4. The van der Waals surface area contributed by atoms with E-state index in [0.29, 0.717) is 5.82 Å². The minimum Gasteiger partial charge on any atom is -0.379 e. The molecule has 6 heterocycles. The zero-order chi connectivity index (χ0) is 23.5. The van der Waals surface area contributed by atoms with Gasteiger partial charge in [-0.3, -0.25) is 9.47 Å². The van der Waals surface area contributed by atoms with Crippen LogP contribution >= 0.6 is 11.3 Å². The van der Waals surface area contributed by atoms with Crippen LogP contribution in [0.4, 0.5) is 11.6 Å². The van der Waals surface area contributed by atoms with Crippen LogP contribution in [0.1, 0.15) is 0 Å². The number of hydrogen-bond acceptors (Lipinski definition) is 10. The first-order valence-corrected chi connectivity index (χ1v) is 12.9. The largest absolute Gasteiger partial charge is 0.379 e. The molecule has 35 heavy (non-hydrogen) atoms.